The first-order chi connectivity index (χ1) is 20.6. The third kappa shape index (κ3) is 5.11. The molecule has 0 aromatic heterocycles. The van der Waals surface area contributed by atoms with Crippen LogP contribution in [0.15, 0.2) is 48.5 Å². The van der Waals surface area contributed by atoms with Crippen molar-refractivity contribution in [3.05, 3.63) is 70.8 Å². The highest BCUT2D eigenvalue weighted by atomic mass is 32.1. The van der Waals surface area contributed by atoms with E-state index in [0.717, 1.165) is 28.8 Å². The first-order valence-corrected chi connectivity index (χ1v) is 13.7. The fourth-order valence-electron chi connectivity index (χ4n) is 6.11. The van der Waals surface area contributed by atoms with E-state index in [9.17, 15) is 18.0 Å². The molecule has 0 spiro atoms. The third-order valence-electron chi connectivity index (χ3n) is 7.97. The van der Waals surface area contributed by atoms with Gasteiger partial charge in [0.15, 0.2) is 28.1 Å². The van der Waals surface area contributed by atoms with Crippen LogP contribution in [0.2, 0.25) is 0 Å². The van der Waals surface area contributed by atoms with Crippen molar-refractivity contribution in [3.63, 3.8) is 0 Å². The molecule has 0 amide bonds. The standard InChI is InChI=1S/C30H27F3N2O7S/c1-37-22-7-14(8-23(38-2)27(22)39-3)24-17-10-20-21(42-13-41-20)11-18(17)26(19-12-40-28(36)25(19)24)35-29(43)34-16-6-4-5-15(9-16)30(31,32)33/h4-11,19,24-26H,12-13H2,1-3H3,(H2,34,35,43)/t19-,24+,25-,26+/m0/s1. The summed E-state index contributed by atoms with van der Waals surface area (Å²) in [6.07, 6.45) is -4.51. The first-order valence-electron chi connectivity index (χ1n) is 13.3. The normalized spacial score (nSPS) is 21.8. The fraction of sp³-hybridized carbons (Fsp3) is 0.333. The molecule has 2 heterocycles. The summed E-state index contributed by atoms with van der Waals surface area (Å²) in [5.74, 6) is 0.361. The number of fused-ring (bicyclic) bond motifs is 3. The van der Waals surface area contributed by atoms with Gasteiger partial charge in [-0.1, -0.05) is 6.07 Å². The number of methoxy groups -OCH3 is 3. The van der Waals surface area contributed by atoms with Gasteiger partial charge in [-0.15, -0.1) is 0 Å². The molecule has 2 N–H and O–H groups in total. The number of nitrogens with one attached hydrogen (secondary N) is 2. The molecular formula is C30H27F3N2O7S. The molecule has 13 heteroatoms. The Morgan fingerprint density at radius 3 is 2.23 bits per heavy atom. The van der Waals surface area contributed by atoms with E-state index in [4.69, 9.17) is 40.6 Å². The van der Waals surface area contributed by atoms with Gasteiger partial charge < -0.3 is 39.1 Å². The number of thiocarbonyl (C=S) groups is 1. The minimum atomic E-state index is -4.51. The Labute approximate surface area is 250 Å². The van der Waals surface area contributed by atoms with Crippen molar-refractivity contribution in [2.45, 2.75) is 18.1 Å². The van der Waals surface area contributed by atoms with E-state index in [0.29, 0.717) is 28.7 Å². The van der Waals surface area contributed by atoms with Gasteiger partial charge in [-0.25, -0.2) is 0 Å². The number of ether oxygens (including phenoxy) is 6. The Balaban J connectivity index is 1.43. The van der Waals surface area contributed by atoms with Gasteiger partial charge >= 0.3 is 12.1 Å². The van der Waals surface area contributed by atoms with Crippen molar-refractivity contribution in [2.24, 2.45) is 11.8 Å². The van der Waals surface area contributed by atoms with E-state index in [1.54, 1.807) is 12.1 Å². The van der Waals surface area contributed by atoms with Crippen molar-refractivity contribution in [1.82, 2.24) is 5.32 Å². The quantitative estimate of drug-likeness (QED) is 0.276. The van der Waals surface area contributed by atoms with Gasteiger partial charge in [0.05, 0.1) is 45.5 Å². The van der Waals surface area contributed by atoms with E-state index in [2.05, 4.69) is 10.6 Å². The topological polar surface area (TPSA) is 96.5 Å². The molecule has 1 saturated heterocycles. The molecule has 9 nitrogen and oxygen atoms in total. The summed E-state index contributed by atoms with van der Waals surface area (Å²) in [7, 11) is 4.53. The molecule has 3 aromatic rings. The summed E-state index contributed by atoms with van der Waals surface area (Å²) in [6.45, 7) is 0.137. The average molecular weight is 617 g/mol. The number of halogens is 3. The molecule has 1 fully saturated rings. The van der Waals surface area contributed by atoms with Crippen LogP contribution in [0.25, 0.3) is 0 Å². The second-order valence-electron chi connectivity index (χ2n) is 10.2. The van der Waals surface area contributed by atoms with Gasteiger partial charge in [0.25, 0.3) is 0 Å². The molecule has 6 rings (SSSR count). The van der Waals surface area contributed by atoms with Gasteiger partial charge in [-0.05, 0) is 71.4 Å². The zero-order chi connectivity index (χ0) is 30.5. The minimum Gasteiger partial charge on any atom is -0.493 e. The minimum absolute atomic E-state index is 0.0373. The Hall–Kier alpha value is -4.39. The van der Waals surface area contributed by atoms with Crippen LogP contribution in [0.1, 0.15) is 34.2 Å². The lowest BCUT2D eigenvalue weighted by molar-refractivity contribution is -0.141. The Morgan fingerprint density at radius 2 is 1.60 bits per heavy atom. The van der Waals surface area contributed by atoms with Crippen LogP contribution in [0, 0.1) is 11.8 Å². The van der Waals surface area contributed by atoms with Gasteiger partial charge in [-0.2, -0.15) is 13.2 Å². The summed E-state index contributed by atoms with van der Waals surface area (Å²) in [5, 5.41) is 6.18. The maximum atomic E-state index is 13.4. The predicted octanol–water partition coefficient (Wildman–Crippen LogP) is 5.42. The largest absolute Gasteiger partial charge is 0.493 e. The third-order valence-corrected chi connectivity index (χ3v) is 8.19. The highest BCUT2D eigenvalue weighted by Gasteiger charge is 2.53. The number of esters is 1. The maximum Gasteiger partial charge on any atom is 0.416 e. The molecule has 0 unspecified atom stereocenters. The summed E-state index contributed by atoms with van der Waals surface area (Å²) in [5.41, 5.74) is 1.62. The van der Waals surface area contributed by atoms with Crippen LogP contribution in [0.5, 0.6) is 28.7 Å². The molecule has 0 saturated carbocycles. The Kier molecular flexibility index (Phi) is 7.36. The van der Waals surface area contributed by atoms with E-state index in [1.807, 2.05) is 12.1 Å². The molecule has 2 aliphatic heterocycles. The second-order valence-corrected chi connectivity index (χ2v) is 10.7. The monoisotopic (exact) mass is 616 g/mol. The fourth-order valence-corrected chi connectivity index (χ4v) is 6.36. The molecule has 43 heavy (non-hydrogen) atoms. The summed E-state index contributed by atoms with van der Waals surface area (Å²) < 4.78 is 73.5. The van der Waals surface area contributed by atoms with Crippen LogP contribution in [-0.4, -0.2) is 45.8 Å². The second kappa shape index (κ2) is 11.0. The summed E-state index contributed by atoms with van der Waals surface area (Å²) >= 11 is 5.56. The number of rotatable bonds is 6. The summed E-state index contributed by atoms with van der Waals surface area (Å²) in [6, 6.07) is 11.5. The number of hydrogen-bond donors (Lipinski definition) is 2. The molecular weight excluding hydrogens is 589 g/mol. The number of carbonyl (C=O) groups excluding carboxylic acids is 1. The van der Waals surface area contributed by atoms with E-state index < -0.39 is 41.5 Å². The first kappa shape index (κ1) is 28.7. The zero-order valence-corrected chi connectivity index (χ0v) is 24.1. The number of cyclic esters (lactones) is 1. The Morgan fingerprint density at radius 1 is 0.930 bits per heavy atom. The van der Waals surface area contributed by atoms with Crippen molar-refractivity contribution < 1.29 is 46.4 Å². The molecule has 1 aliphatic carbocycles. The molecule has 3 aromatic carbocycles. The zero-order valence-electron chi connectivity index (χ0n) is 23.2. The molecule has 226 valence electrons. The van der Waals surface area contributed by atoms with Crippen LogP contribution in [-0.2, 0) is 15.7 Å². The highest BCUT2D eigenvalue weighted by molar-refractivity contribution is 7.80. The Bertz CT molecular complexity index is 1570. The van der Waals surface area contributed by atoms with Crippen molar-refractivity contribution in [3.8, 4) is 28.7 Å². The number of hydrogen-bond acceptors (Lipinski definition) is 8. The lowest BCUT2D eigenvalue weighted by Crippen LogP contribution is -2.44. The smallest absolute Gasteiger partial charge is 0.416 e. The van der Waals surface area contributed by atoms with E-state index in [1.165, 1.54) is 33.5 Å². The van der Waals surface area contributed by atoms with E-state index >= 15 is 0 Å². The van der Waals surface area contributed by atoms with Gasteiger partial charge in [0.1, 0.15) is 0 Å². The lowest BCUT2D eigenvalue weighted by Gasteiger charge is -2.40. The molecule has 0 bridgehead atoms. The van der Waals surface area contributed by atoms with Crippen LogP contribution in [0.4, 0.5) is 18.9 Å². The number of anilines is 1. The van der Waals surface area contributed by atoms with Crippen molar-refractivity contribution in [2.75, 3.05) is 40.0 Å². The highest BCUT2D eigenvalue weighted by Crippen LogP contribution is 2.55. The number of carbonyl (C=O) groups is 1. The van der Waals surface area contributed by atoms with Crippen molar-refractivity contribution in [1.29, 1.82) is 0 Å². The van der Waals surface area contributed by atoms with Crippen LogP contribution >= 0.6 is 12.2 Å². The van der Waals surface area contributed by atoms with Crippen LogP contribution in [0.3, 0.4) is 0 Å². The molecule has 4 atom stereocenters. The molecule has 0 radical (unpaired) electrons. The lowest BCUT2D eigenvalue weighted by atomic mass is 9.65. The van der Waals surface area contributed by atoms with Crippen LogP contribution < -0.4 is 34.3 Å². The van der Waals surface area contributed by atoms with E-state index in [-0.39, 0.29) is 24.2 Å². The SMILES string of the molecule is COc1cc([C@@H]2c3cc4c(cc3[C@@H](NC(=S)Nc3cccc(C(F)(F)F)c3)[C@H]3COC(=O)[C@H]23)OCO4)cc(OC)c1OC. The van der Waals surface area contributed by atoms with Gasteiger partial charge in [-0.3, -0.25) is 4.79 Å². The number of benzene rings is 3. The predicted molar refractivity (Wildman–Crippen MR) is 152 cm³/mol. The van der Waals surface area contributed by atoms with Gasteiger partial charge in [0, 0.05) is 17.5 Å². The number of alkyl halides is 3. The summed E-state index contributed by atoms with van der Waals surface area (Å²) in [4.78, 5) is 13.4. The average Bonchev–Trinajstić information content (AvgIpc) is 3.61. The van der Waals surface area contributed by atoms with Crippen molar-refractivity contribution >= 4 is 29.0 Å². The van der Waals surface area contributed by atoms with Gasteiger partial charge in [0.2, 0.25) is 12.5 Å². The maximum absolute atomic E-state index is 13.4. The molecule has 3 aliphatic rings.